The van der Waals surface area contributed by atoms with Gasteiger partial charge in [0.25, 0.3) is 5.91 Å². The smallest absolute Gasteiger partial charge is 0.255 e. The summed E-state index contributed by atoms with van der Waals surface area (Å²) in [5, 5.41) is 7.92. The van der Waals surface area contributed by atoms with E-state index in [0.717, 1.165) is 5.56 Å². The fraction of sp³-hybridized carbons (Fsp3) is 0.167. The van der Waals surface area contributed by atoms with Gasteiger partial charge in [0.15, 0.2) is 0 Å². The number of aromatic nitrogens is 1. The van der Waals surface area contributed by atoms with Gasteiger partial charge in [-0.05, 0) is 61.4 Å². The molecule has 2 N–H and O–H groups in total. The minimum absolute atomic E-state index is 0.217. The standard InChI is InChI=1S/C24H22Cl2N4O3/c1-16(17-4-7-20(8-5-17)28-24(32)18-10-12-27-13-11-18)29-30-23(31)3-2-14-33-22-9-6-19(25)15-21(22)26/h4-13,15H,2-3,14H2,1H3,(H,28,32)(H,30,31). The first-order chi connectivity index (χ1) is 15.9. The number of carbonyl (C=O) groups excluding carboxylic acids is 2. The van der Waals surface area contributed by atoms with Crippen LogP contribution in [-0.2, 0) is 4.79 Å². The number of ether oxygens (including phenoxy) is 1. The molecule has 3 rings (SSSR count). The normalized spacial score (nSPS) is 11.1. The van der Waals surface area contributed by atoms with Crippen LogP contribution in [0.25, 0.3) is 0 Å². The quantitative estimate of drug-likeness (QED) is 0.243. The third-order valence-electron chi connectivity index (χ3n) is 4.55. The molecule has 0 saturated heterocycles. The second-order valence-electron chi connectivity index (χ2n) is 7.03. The predicted molar refractivity (Wildman–Crippen MR) is 130 cm³/mol. The van der Waals surface area contributed by atoms with Crippen molar-refractivity contribution >= 4 is 46.4 Å². The van der Waals surface area contributed by atoms with Gasteiger partial charge in [0.05, 0.1) is 17.3 Å². The maximum atomic E-state index is 12.2. The Hall–Kier alpha value is -3.42. The number of benzene rings is 2. The highest BCUT2D eigenvalue weighted by molar-refractivity contribution is 6.35. The molecule has 0 aliphatic carbocycles. The molecule has 0 atom stereocenters. The Labute approximate surface area is 201 Å². The first-order valence-electron chi connectivity index (χ1n) is 10.1. The van der Waals surface area contributed by atoms with E-state index < -0.39 is 0 Å². The van der Waals surface area contributed by atoms with Crippen LogP contribution < -0.4 is 15.5 Å². The molecular formula is C24H22Cl2N4O3. The van der Waals surface area contributed by atoms with Crippen molar-refractivity contribution in [3.05, 3.63) is 88.2 Å². The number of rotatable bonds is 9. The van der Waals surface area contributed by atoms with Crippen molar-refractivity contribution in [1.82, 2.24) is 10.4 Å². The topological polar surface area (TPSA) is 92.7 Å². The number of halogens is 2. The first kappa shape index (κ1) is 24.2. The van der Waals surface area contributed by atoms with Crippen molar-refractivity contribution in [3.63, 3.8) is 0 Å². The molecule has 1 heterocycles. The van der Waals surface area contributed by atoms with Crippen LogP contribution >= 0.6 is 23.2 Å². The highest BCUT2D eigenvalue weighted by atomic mass is 35.5. The van der Waals surface area contributed by atoms with Gasteiger partial charge in [-0.1, -0.05) is 35.3 Å². The predicted octanol–water partition coefficient (Wildman–Crippen LogP) is 5.34. The zero-order chi connectivity index (χ0) is 23.6. The average Bonchev–Trinajstić information content (AvgIpc) is 2.82. The van der Waals surface area contributed by atoms with Crippen LogP contribution in [0.4, 0.5) is 5.69 Å². The van der Waals surface area contributed by atoms with Crippen molar-refractivity contribution < 1.29 is 14.3 Å². The van der Waals surface area contributed by atoms with Crippen LogP contribution in [0.1, 0.15) is 35.7 Å². The highest BCUT2D eigenvalue weighted by Gasteiger charge is 2.07. The lowest BCUT2D eigenvalue weighted by Gasteiger charge is -2.08. The molecule has 0 unspecified atom stereocenters. The Morgan fingerprint density at radius 2 is 1.73 bits per heavy atom. The Bertz CT molecular complexity index is 1140. The number of pyridine rings is 1. The fourth-order valence-electron chi connectivity index (χ4n) is 2.78. The highest BCUT2D eigenvalue weighted by Crippen LogP contribution is 2.27. The lowest BCUT2D eigenvalue weighted by Crippen LogP contribution is -2.19. The van der Waals surface area contributed by atoms with Gasteiger partial charge in [-0.2, -0.15) is 5.10 Å². The van der Waals surface area contributed by atoms with E-state index in [0.29, 0.717) is 45.8 Å². The molecular weight excluding hydrogens is 463 g/mol. The Balaban J connectivity index is 1.43. The third kappa shape index (κ3) is 7.59. The molecule has 7 nitrogen and oxygen atoms in total. The molecule has 0 aliphatic rings. The first-order valence-corrected chi connectivity index (χ1v) is 10.9. The van der Waals surface area contributed by atoms with Crippen LogP contribution in [0.3, 0.4) is 0 Å². The SMILES string of the molecule is CC(=NNC(=O)CCCOc1ccc(Cl)cc1Cl)c1ccc(NC(=O)c2ccncc2)cc1. The molecule has 2 aromatic carbocycles. The number of anilines is 1. The van der Waals surface area contributed by atoms with Gasteiger partial charge in [0, 0.05) is 35.1 Å². The number of hydrazone groups is 1. The largest absolute Gasteiger partial charge is 0.492 e. The van der Waals surface area contributed by atoms with E-state index in [1.165, 1.54) is 0 Å². The van der Waals surface area contributed by atoms with Gasteiger partial charge in [-0.3, -0.25) is 14.6 Å². The summed E-state index contributed by atoms with van der Waals surface area (Å²) in [6, 6.07) is 15.4. The van der Waals surface area contributed by atoms with Gasteiger partial charge in [-0.15, -0.1) is 0 Å². The molecule has 0 radical (unpaired) electrons. The summed E-state index contributed by atoms with van der Waals surface area (Å²) in [6.45, 7) is 2.13. The second kappa shape index (κ2) is 12.0. The molecule has 33 heavy (non-hydrogen) atoms. The van der Waals surface area contributed by atoms with Crippen molar-refractivity contribution in [2.75, 3.05) is 11.9 Å². The Morgan fingerprint density at radius 1 is 1.00 bits per heavy atom. The van der Waals surface area contributed by atoms with Gasteiger partial charge in [0.1, 0.15) is 5.75 Å². The van der Waals surface area contributed by atoms with E-state index in [-0.39, 0.29) is 18.2 Å². The minimum atomic E-state index is -0.221. The molecule has 1 aromatic heterocycles. The summed E-state index contributed by atoms with van der Waals surface area (Å²) in [4.78, 5) is 28.1. The number of carbonyl (C=O) groups is 2. The number of nitrogens with one attached hydrogen (secondary N) is 2. The summed E-state index contributed by atoms with van der Waals surface area (Å²) in [6.07, 6.45) is 3.88. The molecule has 0 fully saturated rings. The number of hydrogen-bond donors (Lipinski definition) is 2. The zero-order valence-corrected chi connectivity index (χ0v) is 19.4. The summed E-state index contributed by atoms with van der Waals surface area (Å²) in [5.74, 6) is 0.0854. The summed E-state index contributed by atoms with van der Waals surface area (Å²) < 4.78 is 5.56. The van der Waals surface area contributed by atoms with Gasteiger partial charge in [0.2, 0.25) is 5.91 Å². The van der Waals surface area contributed by atoms with E-state index in [2.05, 4.69) is 20.8 Å². The van der Waals surface area contributed by atoms with E-state index in [1.54, 1.807) is 61.8 Å². The van der Waals surface area contributed by atoms with Gasteiger partial charge < -0.3 is 10.1 Å². The number of nitrogens with zero attached hydrogens (tertiary/aromatic N) is 2. The number of amides is 2. The molecule has 170 valence electrons. The van der Waals surface area contributed by atoms with Crippen LogP contribution in [0.2, 0.25) is 10.0 Å². The third-order valence-corrected chi connectivity index (χ3v) is 5.08. The molecule has 3 aromatic rings. The molecule has 0 saturated carbocycles. The molecule has 2 amide bonds. The summed E-state index contributed by atoms with van der Waals surface area (Å²) >= 11 is 11.9. The van der Waals surface area contributed by atoms with E-state index in [9.17, 15) is 9.59 Å². The minimum Gasteiger partial charge on any atom is -0.492 e. The van der Waals surface area contributed by atoms with Gasteiger partial charge in [-0.25, -0.2) is 5.43 Å². The maximum Gasteiger partial charge on any atom is 0.255 e. The lowest BCUT2D eigenvalue weighted by atomic mass is 10.1. The average molecular weight is 485 g/mol. The number of hydrogen-bond acceptors (Lipinski definition) is 5. The second-order valence-corrected chi connectivity index (χ2v) is 7.87. The summed E-state index contributed by atoms with van der Waals surface area (Å²) in [7, 11) is 0. The van der Waals surface area contributed by atoms with E-state index >= 15 is 0 Å². The van der Waals surface area contributed by atoms with Crippen LogP contribution in [-0.4, -0.2) is 29.1 Å². The molecule has 9 heteroatoms. The van der Waals surface area contributed by atoms with E-state index in [1.807, 2.05) is 12.1 Å². The zero-order valence-electron chi connectivity index (χ0n) is 17.8. The van der Waals surface area contributed by atoms with Crippen molar-refractivity contribution in [3.8, 4) is 5.75 Å². The maximum absolute atomic E-state index is 12.2. The Morgan fingerprint density at radius 3 is 2.42 bits per heavy atom. The van der Waals surface area contributed by atoms with Crippen molar-refractivity contribution in [2.24, 2.45) is 5.10 Å². The van der Waals surface area contributed by atoms with Gasteiger partial charge >= 0.3 is 0 Å². The van der Waals surface area contributed by atoms with Crippen LogP contribution in [0.5, 0.6) is 5.75 Å². The van der Waals surface area contributed by atoms with Crippen molar-refractivity contribution in [1.29, 1.82) is 0 Å². The Kier molecular flexibility index (Phi) is 8.80. The lowest BCUT2D eigenvalue weighted by molar-refractivity contribution is -0.121. The molecule has 0 spiro atoms. The fourth-order valence-corrected chi connectivity index (χ4v) is 3.24. The van der Waals surface area contributed by atoms with Crippen molar-refractivity contribution in [2.45, 2.75) is 19.8 Å². The van der Waals surface area contributed by atoms with Crippen LogP contribution in [0.15, 0.2) is 72.1 Å². The molecule has 0 bridgehead atoms. The molecule has 0 aliphatic heterocycles. The monoisotopic (exact) mass is 484 g/mol. The van der Waals surface area contributed by atoms with Crippen LogP contribution in [0, 0.1) is 0 Å². The van der Waals surface area contributed by atoms with E-state index in [4.69, 9.17) is 27.9 Å². The summed E-state index contributed by atoms with van der Waals surface area (Å²) in [5.41, 5.74) is 5.17.